The standard InChI is InChI=1S/3C24H17N2O.Ir/c3*1-2-16-7-8-19(24-23(16)20-5-3-4-6-22(20)27-24)21-15-18(11-14-26-21)17-9-12-25-13-10-17;/h3*3-7,9-15H,2H2,1H3;/q3*-1;+3. The monoisotopic (exact) mass is 1240 g/mol. The Morgan fingerprint density at radius 1 is 0.329 bits per heavy atom. The molecule has 82 heavy (non-hydrogen) atoms. The van der Waals surface area contributed by atoms with Crippen LogP contribution in [0.15, 0.2) is 233 Å². The molecule has 10 heteroatoms. The Morgan fingerprint density at radius 2 is 0.598 bits per heavy atom. The minimum atomic E-state index is 0. The van der Waals surface area contributed by atoms with E-state index < -0.39 is 0 Å². The van der Waals surface area contributed by atoms with Crippen LogP contribution in [0.2, 0.25) is 0 Å². The third-order valence-corrected chi connectivity index (χ3v) is 14.8. The van der Waals surface area contributed by atoms with E-state index in [1.54, 1.807) is 37.2 Å². The summed E-state index contributed by atoms with van der Waals surface area (Å²) in [7, 11) is 0. The van der Waals surface area contributed by atoms with Crippen molar-refractivity contribution in [2.45, 2.75) is 40.0 Å². The fraction of sp³-hybridized carbons (Fsp3) is 0.0833. The van der Waals surface area contributed by atoms with Crippen molar-refractivity contribution >= 4 is 65.8 Å². The summed E-state index contributed by atoms with van der Waals surface area (Å²) in [5.41, 5.74) is 20.9. The molecule has 0 aliphatic rings. The largest absolute Gasteiger partial charge is 3.00 e. The molecule has 0 N–H and O–H groups in total. The van der Waals surface area contributed by atoms with E-state index in [2.05, 4.69) is 142 Å². The second-order valence-corrected chi connectivity index (χ2v) is 19.5. The van der Waals surface area contributed by atoms with E-state index in [9.17, 15) is 0 Å². The average Bonchev–Trinajstić information content (AvgIpc) is 4.46. The fourth-order valence-corrected chi connectivity index (χ4v) is 10.8. The molecule has 9 aromatic heterocycles. The molecule has 0 fully saturated rings. The molecule has 15 aromatic rings. The number of para-hydroxylation sites is 3. The van der Waals surface area contributed by atoms with Crippen molar-refractivity contribution in [1.29, 1.82) is 0 Å². The Morgan fingerprint density at radius 3 is 0.878 bits per heavy atom. The molecule has 15 rings (SSSR count). The zero-order valence-corrected chi connectivity index (χ0v) is 47.5. The van der Waals surface area contributed by atoms with E-state index in [4.69, 9.17) is 13.3 Å². The van der Waals surface area contributed by atoms with Gasteiger partial charge in [-0.25, -0.2) is 0 Å². The quantitative estimate of drug-likeness (QED) is 0.130. The fourth-order valence-electron chi connectivity index (χ4n) is 10.8. The van der Waals surface area contributed by atoms with Crippen molar-refractivity contribution in [2.75, 3.05) is 0 Å². The molecule has 0 saturated carbocycles. The van der Waals surface area contributed by atoms with Gasteiger partial charge in [-0.05, 0) is 123 Å². The molecule has 0 unspecified atom stereocenters. The van der Waals surface area contributed by atoms with Crippen molar-refractivity contribution in [1.82, 2.24) is 29.9 Å². The molecule has 9 heterocycles. The van der Waals surface area contributed by atoms with Crippen LogP contribution in [0.25, 0.3) is 133 Å². The molecule has 0 aliphatic carbocycles. The third-order valence-electron chi connectivity index (χ3n) is 14.8. The van der Waals surface area contributed by atoms with Crippen LogP contribution in [0.1, 0.15) is 37.5 Å². The smallest absolute Gasteiger partial charge is 0.501 e. The average molecular weight is 1240 g/mol. The predicted molar refractivity (Wildman–Crippen MR) is 325 cm³/mol. The molecule has 0 saturated heterocycles. The summed E-state index contributed by atoms with van der Waals surface area (Å²) < 4.78 is 18.7. The summed E-state index contributed by atoms with van der Waals surface area (Å²) in [5.74, 6) is 0. The van der Waals surface area contributed by atoms with Crippen LogP contribution in [-0.4, -0.2) is 29.9 Å². The summed E-state index contributed by atoms with van der Waals surface area (Å²) >= 11 is 0. The second-order valence-electron chi connectivity index (χ2n) is 19.5. The van der Waals surface area contributed by atoms with E-state index >= 15 is 0 Å². The van der Waals surface area contributed by atoms with Gasteiger partial charge in [0.15, 0.2) is 0 Å². The van der Waals surface area contributed by atoms with Gasteiger partial charge in [-0.3, -0.25) is 15.0 Å². The first-order chi connectivity index (χ1) is 40.0. The Hall–Kier alpha value is -9.73. The van der Waals surface area contributed by atoms with Crippen molar-refractivity contribution in [3.63, 3.8) is 0 Å². The van der Waals surface area contributed by atoms with Gasteiger partial charge in [0.2, 0.25) is 0 Å². The molecule has 0 amide bonds. The molecule has 0 radical (unpaired) electrons. The SMILES string of the molecule is CCc1c[c-]c(-c2cc(-c3ccncc3)ccn2)c2oc3ccccc3c12.CCc1c[c-]c(-c2cc(-c3ccncc3)ccn2)c2oc3ccccc3c12.CCc1c[c-]c(-c2cc(-c3ccncc3)ccn2)c2oc3ccccc3c12.[Ir+3]. The first kappa shape index (κ1) is 52.9. The molecule has 396 valence electrons. The minimum absolute atomic E-state index is 0. The Balaban J connectivity index is 0.000000121. The molecular formula is C72H51IrN6O3. The van der Waals surface area contributed by atoms with Gasteiger partial charge in [-0.1, -0.05) is 146 Å². The first-order valence-electron chi connectivity index (χ1n) is 27.2. The number of hydrogen-bond acceptors (Lipinski definition) is 9. The molecular weight excluding hydrogens is 1190 g/mol. The number of aromatic nitrogens is 6. The predicted octanol–water partition coefficient (Wildman–Crippen LogP) is 18.2. The third kappa shape index (κ3) is 10.1. The van der Waals surface area contributed by atoms with Crippen LogP contribution in [0.5, 0.6) is 0 Å². The molecule has 0 aliphatic heterocycles. The maximum Gasteiger partial charge on any atom is 3.00 e. The normalized spacial score (nSPS) is 11.2. The summed E-state index contributed by atoms with van der Waals surface area (Å²) in [6.07, 6.45) is 19.1. The van der Waals surface area contributed by atoms with Crippen molar-refractivity contribution < 1.29 is 33.4 Å². The number of nitrogens with zero attached hydrogens (tertiary/aromatic N) is 6. The molecule has 0 spiro atoms. The van der Waals surface area contributed by atoms with Gasteiger partial charge >= 0.3 is 20.1 Å². The molecule has 0 atom stereocenters. The van der Waals surface area contributed by atoms with Gasteiger partial charge in [0.25, 0.3) is 0 Å². The summed E-state index contributed by atoms with van der Waals surface area (Å²) in [5, 5.41) is 6.92. The number of fused-ring (bicyclic) bond motifs is 9. The summed E-state index contributed by atoms with van der Waals surface area (Å²) in [6.45, 7) is 6.48. The van der Waals surface area contributed by atoms with E-state index in [0.29, 0.717) is 0 Å². The first-order valence-corrected chi connectivity index (χ1v) is 27.2. The van der Waals surface area contributed by atoms with Gasteiger partial charge in [-0.15, -0.1) is 53.1 Å². The molecule has 0 bridgehead atoms. The zero-order chi connectivity index (χ0) is 54.7. The van der Waals surface area contributed by atoms with Gasteiger partial charge < -0.3 is 28.2 Å². The number of benzene rings is 6. The minimum Gasteiger partial charge on any atom is -0.501 e. The summed E-state index contributed by atoms with van der Waals surface area (Å²) in [4.78, 5) is 26.1. The van der Waals surface area contributed by atoms with Gasteiger partial charge in [-0.2, -0.15) is 0 Å². The number of pyridine rings is 6. The molecule has 9 nitrogen and oxygen atoms in total. The van der Waals surface area contributed by atoms with Crippen LogP contribution in [0.4, 0.5) is 0 Å². The van der Waals surface area contributed by atoms with E-state index in [1.807, 2.05) is 110 Å². The number of rotatable bonds is 9. The van der Waals surface area contributed by atoms with Crippen LogP contribution in [0.3, 0.4) is 0 Å². The Kier molecular flexibility index (Phi) is 15.2. The van der Waals surface area contributed by atoms with Crippen LogP contribution < -0.4 is 0 Å². The second kappa shape index (κ2) is 23.5. The summed E-state index contributed by atoms with van der Waals surface area (Å²) in [6, 6.07) is 65.3. The maximum atomic E-state index is 6.24. The molecule has 6 aromatic carbocycles. The Bertz CT molecular complexity index is 4250. The number of furan rings is 3. The van der Waals surface area contributed by atoms with Gasteiger partial charge in [0.05, 0.1) is 16.7 Å². The van der Waals surface area contributed by atoms with Crippen LogP contribution in [-0.2, 0) is 39.4 Å². The Labute approximate surface area is 487 Å². The van der Waals surface area contributed by atoms with Crippen molar-refractivity contribution in [3.05, 3.63) is 254 Å². The zero-order valence-electron chi connectivity index (χ0n) is 45.1. The van der Waals surface area contributed by atoms with E-state index in [0.717, 1.165) is 152 Å². The topological polar surface area (TPSA) is 117 Å². The van der Waals surface area contributed by atoms with Gasteiger partial charge in [0.1, 0.15) is 16.7 Å². The number of aryl methyl sites for hydroxylation is 3. The van der Waals surface area contributed by atoms with Crippen molar-refractivity contribution in [3.8, 4) is 67.2 Å². The number of hydrogen-bond donors (Lipinski definition) is 0. The van der Waals surface area contributed by atoms with E-state index in [1.165, 1.54) is 16.7 Å². The van der Waals surface area contributed by atoms with Crippen LogP contribution >= 0.6 is 0 Å². The van der Waals surface area contributed by atoms with E-state index in [-0.39, 0.29) is 20.1 Å². The maximum absolute atomic E-state index is 6.24. The van der Waals surface area contributed by atoms with Crippen molar-refractivity contribution in [2.24, 2.45) is 0 Å². The van der Waals surface area contributed by atoms with Crippen LogP contribution in [0, 0.1) is 18.2 Å². The van der Waals surface area contributed by atoms with Gasteiger partial charge in [0, 0.05) is 71.9 Å².